The molecule has 1 radical (unpaired) electrons. The van der Waals surface area contributed by atoms with Gasteiger partial charge in [-0.25, -0.2) is 0 Å². The van der Waals surface area contributed by atoms with Gasteiger partial charge in [0.15, 0.2) is 6.10 Å². The van der Waals surface area contributed by atoms with Crippen LogP contribution in [0, 0.1) is 0 Å². The number of nitrogens with zero attached hydrogens (tertiary/aromatic N) is 2. The van der Waals surface area contributed by atoms with Gasteiger partial charge >= 0.3 is 0 Å². The maximum Gasteiger partial charge on any atom is 0.233 e. The highest BCUT2D eigenvalue weighted by molar-refractivity contribution is 6.01. The van der Waals surface area contributed by atoms with Crippen molar-refractivity contribution >= 4 is 12.0 Å². The highest BCUT2D eigenvalue weighted by Gasteiger charge is 2.24. The smallest absolute Gasteiger partial charge is 0.233 e. The summed E-state index contributed by atoms with van der Waals surface area (Å²) in [5.74, 6) is 0. The third kappa shape index (κ3) is 2.38. The average Bonchev–Trinajstić information content (AvgIpc) is 2.98. The van der Waals surface area contributed by atoms with E-state index >= 15 is 0 Å². The quantitative estimate of drug-likeness (QED) is 0.841. The van der Waals surface area contributed by atoms with Gasteiger partial charge in [-0.15, -0.1) is 0 Å². The number of oxime groups is 1. The molecule has 93 valence electrons. The van der Waals surface area contributed by atoms with E-state index in [0.29, 0.717) is 12.0 Å². The van der Waals surface area contributed by atoms with E-state index in [-0.39, 0.29) is 6.10 Å². The lowest BCUT2D eigenvalue weighted by Gasteiger charge is -2.06. The molecule has 0 amide bonds. The molecule has 1 unspecified atom stereocenters. The summed E-state index contributed by atoms with van der Waals surface area (Å²) in [6.45, 7) is 0. The molecule has 1 aromatic heterocycles. The second-order valence-electron chi connectivity index (χ2n) is 4.27. The zero-order chi connectivity index (χ0) is 13.1. The lowest BCUT2D eigenvalue weighted by atomic mass is 10.0. The van der Waals surface area contributed by atoms with Crippen LogP contribution in [-0.4, -0.2) is 17.0 Å². The molecule has 2 heterocycles. The monoisotopic (exact) mass is 251 g/mol. The molecule has 4 nitrogen and oxygen atoms in total. The summed E-state index contributed by atoms with van der Waals surface area (Å²) in [4.78, 5) is 20.2. The van der Waals surface area contributed by atoms with E-state index in [1.807, 2.05) is 36.6 Å². The fourth-order valence-electron chi connectivity index (χ4n) is 2.00. The number of hydrogen-bond donors (Lipinski definition) is 0. The Balaban J connectivity index is 1.76. The zero-order valence-corrected chi connectivity index (χ0v) is 10.1. The third-order valence-corrected chi connectivity index (χ3v) is 3.02. The Morgan fingerprint density at radius 2 is 2.00 bits per heavy atom. The van der Waals surface area contributed by atoms with Crippen molar-refractivity contribution in [2.45, 2.75) is 12.5 Å². The largest absolute Gasteiger partial charge is 0.385 e. The summed E-state index contributed by atoms with van der Waals surface area (Å²) < 4.78 is 0. The van der Waals surface area contributed by atoms with E-state index in [1.165, 1.54) is 0 Å². The van der Waals surface area contributed by atoms with Gasteiger partial charge in [0.25, 0.3) is 0 Å². The van der Waals surface area contributed by atoms with Crippen LogP contribution < -0.4 is 0 Å². The van der Waals surface area contributed by atoms with Crippen LogP contribution in [-0.2, 0) is 9.63 Å². The molecule has 0 saturated carbocycles. The van der Waals surface area contributed by atoms with Crippen LogP contribution in [0.25, 0.3) is 0 Å². The molecular formula is C15H11N2O2. The molecule has 4 heteroatoms. The minimum atomic E-state index is -0.131. The molecule has 0 spiro atoms. The van der Waals surface area contributed by atoms with E-state index in [1.54, 1.807) is 18.3 Å². The minimum Gasteiger partial charge on any atom is -0.385 e. The summed E-state index contributed by atoms with van der Waals surface area (Å²) in [6, 6.07) is 12.9. The predicted molar refractivity (Wildman–Crippen MR) is 70.5 cm³/mol. The van der Waals surface area contributed by atoms with Gasteiger partial charge in [0.2, 0.25) is 6.29 Å². The average molecular weight is 251 g/mol. The summed E-state index contributed by atoms with van der Waals surface area (Å²) in [5.41, 5.74) is 3.23. The fraction of sp³-hybridized carbons (Fsp3) is 0.133. The molecule has 3 rings (SSSR count). The van der Waals surface area contributed by atoms with Crippen molar-refractivity contribution in [2.24, 2.45) is 5.16 Å². The Bertz CT molecular complexity index is 606. The molecule has 1 aromatic carbocycles. The number of carbonyl (C=O) groups excluding carboxylic acids is 1. The van der Waals surface area contributed by atoms with E-state index in [0.717, 1.165) is 17.0 Å². The van der Waals surface area contributed by atoms with Crippen LogP contribution in [0.5, 0.6) is 0 Å². The van der Waals surface area contributed by atoms with Gasteiger partial charge in [0, 0.05) is 18.2 Å². The van der Waals surface area contributed by atoms with Crippen LogP contribution in [0.3, 0.4) is 0 Å². The molecular weight excluding hydrogens is 240 g/mol. The Labute approximate surface area is 110 Å². The lowest BCUT2D eigenvalue weighted by molar-refractivity contribution is 0.0826. The normalized spacial score (nSPS) is 17.7. The van der Waals surface area contributed by atoms with Gasteiger partial charge in [-0.05, 0) is 17.7 Å². The van der Waals surface area contributed by atoms with Crippen LogP contribution >= 0.6 is 0 Å². The topological polar surface area (TPSA) is 51.5 Å². The van der Waals surface area contributed by atoms with Gasteiger partial charge in [-0.2, -0.15) is 0 Å². The van der Waals surface area contributed by atoms with Crippen molar-refractivity contribution in [1.29, 1.82) is 0 Å². The second kappa shape index (κ2) is 5.02. The van der Waals surface area contributed by atoms with Crippen LogP contribution in [0.4, 0.5) is 0 Å². The molecule has 0 fully saturated rings. The molecule has 0 saturated heterocycles. The number of benzene rings is 1. The summed E-state index contributed by atoms with van der Waals surface area (Å²) in [7, 11) is 0. The molecule has 2 aromatic rings. The predicted octanol–water partition coefficient (Wildman–Crippen LogP) is 2.41. The molecule has 0 aliphatic carbocycles. The minimum absolute atomic E-state index is 0.131. The molecule has 0 bridgehead atoms. The van der Waals surface area contributed by atoms with Crippen molar-refractivity contribution in [1.82, 2.24) is 4.98 Å². The Kier molecular flexibility index (Phi) is 3.06. The summed E-state index contributed by atoms with van der Waals surface area (Å²) in [5, 5.41) is 4.10. The molecule has 1 atom stereocenters. The maximum atomic E-state index is 10.5. The van der Waals surface area contributed by atoms with Gasteiger partial charge in [-0.1, -0.05) is 35.5 Å². The highest BCUT2D eigenvalue weighted by atomic mass is 16.6. The van der Waals surface area contributed by atoms with Gasteiger partial charge in [0.1, 0.15) is 0 Å². The molecule has 19 heavy (non-hydrogen) atoms. The van der Waals surface area contributed by atoms with Crippen LogP contribution in [0.15, 0.2) is 53.8 Å². The highest BCUT2D eigenvalue weighted by Crippen LogP contribution is 2.27. The first-order valence-electron chi connectivity index (χ1n) is 5.99. The van der Waals surface area contributed by atoms with Crippen molar-refractivity contribution in [2.75, 3.05) is 0 Å². The first-order chi connectivity index (χ1) is 9.36. The Morgan fingerprint density at radius 1 is 1.16 bits per heavy atom. The van der Waals surface area contributed by atoms with Crippen LogP contribution in [0.1, 0.15) is 29.3 Å². The first kappa shape index (κ1) is 11.6. The van der Waals surface area contributed by atoms with E-state index in [2.05, 4.69) is 10.1 Å². The number of hydrogen-bond acceptors (Lipinski definition) is 4. The van der Waals surface area contributed by atoms with Crippen LogP contribution in [0.2, 0.25) is 0 Å². The molecule has 1 aliphatic rings. The van der Waals surface area contributed by atoms with E-state index in [9.17, 15) is 4.79 Å². The SMILES string of the molecule is O=[C]c1ccc(C2=NOC(c3ccccn3)C2)cc1. The van der Waals surface area contributed by atoms with Crippen molar-refractivity contribution in [3.05, 3.63) is 65.5 Å². The molecule has 0 N–H and O–H groups in total. The van der Waals surface area contributed by atoms with Gasteiger partial charge in [-0.3, -0.25) is 9.78 Å². The second-order valence-corrected chi connectivity index (χ2v) is 4.27. The number of rotatable bonds is 3. The molecule has 1 aliphatic heterocycles. The maximum absolute atomic E-state index is 10.5. The summed E-state index contributed by atoms with van der Waals surface area (Å²) >= 11 is 0. The lowest BCUT2D eigenvalue weighted by Crippen LogP contribution is -2.03. The van der Waals surface area contributed by atoms with Crippen molar-refractivity contribution in [3.8, 4) is 0 Å². The van der Waals surface area contributed by atoms with E-state index < -0.39 is 0 Å². The number of pyridine rings is 1. The Hall–Kier alpha value is -2.49. The standard InChI is InChI=1S/C15H11N2O2/c18-10-11-4-6-12(7-5-11)14-9-15(19-17-14)13-3-1-2-8-16-13/h1-8,15H,9H2. The zero-order valence-electron chi connectivity index (χ0n) is 10.1. The van der Waals surface area contributed by atoms with Crippen molar-refractivity contribution in [3.63, 3.8) is 0 Å². The first-order valence-corrected chi connectivity index (χ1v) is 5.99. The third-order valence-electron chi connectivity index (χ3n) is 3.02. The number of aromatic nitrogens is 1. The van der Waals surface area contributed by atoms with Crippen molar-refractivity contribution < 1.29 is 9.63 Å². The summed E-state index contributed by atoms with van der Waals surface area (Å²) in [6.07, 6.45) is 4.14. The van der Waals surface area contributed by atoms with Gasteiger partial charge < -0.3 is 4.84 Å². The fourth-order valence-corrected chi connectivity index (χ4v) is 2.00. The van der Waals surface area contributed by atoms with Gasteiger partial charge in [0.05, 0.1) is 11.4 Å². The Morgan fingerprint density at radius 3 is 2.68 bits per heavy atom. The van der Waals surface area contributed by atoms with E-state index in [4.69, 9.17) is 4.84 Å².